The Bertz CT molecular complexity index is 929. The van der Waals surface area contributed by atoms with Crippen molar-refractivity contribution >= 4 is 21.4 Å². The first-order chi connectivity index (χ1) is 10.4. The Balaban J connectivity index is 1.83. The van der Waals surface area contributed by atoms with E-state index in [1.807, 2.05) is 44.3 Å². The van der Waals surface area contributed by atoms with Crippen LogP contribution in [0.3, 0.4) is 0 Å². The third kappa shape index (κ3) is 3.28. The fourth-order valence-electron chi connectivity index (χ4n) is 2.42. The Labute approximate surface area is 129 Å². The van der Waals surface area contributed by atoms with E-state index in [1.165, 1.54) is 0 Å². The molecule has 0 radical (unpaired) electrons. The van der Waals surface area contributed by atoms with Crippen LogP contribution < -0.4 is 4.72 Å². The third-order valence-electron chi connectivity index (χ3n) is 3.28. The monoisotopic (exact) mass is 315 g/mol. The molecule has 1 aromatic carbocycles. The van der Waals surface area contributed by atoms with Crippen molar-refractivity contribution < 1.29 is 8.42 Å². The maximum atomic E-state index is 12.3. The average molecular weight is 315 g/mol. The number of pyridine rings is 1. The Morgan fingerprint density at radius 2 is 1.95 bits per heavy atom. The normalized spacial score (nSPS) is 11.7. The number of aromatic nitrogens is 2. The average Bonchev–Trinajstić information content (AvgIpc) is 2.77. The molecular formula is C16H17N3O2S. The predicted molar refractivity (Wildman–Crippen MR) is 87.4 cm³/mol. The van der Waals surface area contributed by atoms with E-state index in [2.05, 4.69) is 9.71 Å². The summed E-state index contributed by atoms with van der Waals surface area (Å²) in [6.07, 6.45) is 3.58. The molecule has 0 aliphatic rings. The summed E-state index contributed by atoms with van der Waals surface area (Å²) < 4.78 is 29.0. The Morgan fingerprint density at radius 1 is 1.14 bits per heavy atom. The van der Waals surface area contributed by atoms with E-state index in [-0.39, 0.29) is 5.75 Å². The number of imidazole rings is 1. The number of rotatable bonds is 4. The molecule has 3 aromatic rings. The molecule has 0 aliphatic carbocycles. The van der Waals surface area contributed by atoms with Gasteiger partial charge in [0, 0.05) is 12.4 Å². The van der Waals surface area contributed by atoms with Crippen LogP contribution >= 0.6 is 0 Å². The molecule has 0 saturated carbocycles. The zero-order chi connectivity index (χ0) is 15.7. The molecule has 0 spiro atoms. The molecule has 0 bridgehead atoms. The van der Waals surface area contributed by atoms with Crippen molar-refractivity contribution in [3.8, 4) is 0 Å². The second kappa shape index (κ2) is 5.46. The number of aryl methyl sites for hydroxylation is 2. The van der Waals surface area contributed by atoms with Gasteiger partial charge in [-0.25, -0.2) is 13.4 Å². The highest BCUT2D eigenvalue weighted by atomic mass is 32.2. The van der Waals surface area contributed by atoms with Crippen LogP contribution in [0.2, 0.25) is 0 Å². The van der Waals surface area contributed by atoms with Gasteiger partial charge in [-0.1, -0.05) is 29.8 Å². The van der Waals surface area contributed by atoms with Crippen LogP contribution in [0.4, 0.5) is 5.69 Å². The van der Waals surface area contributed by atoms with Crippen molar-refractivity contribution in [1.29, 1.82) is 0 Å². The molecule has 22 heavy (non-hydrogen) atoms. The van der Waals surface area contributed by atoms with Crippen LogP contribution in [0.15, 0.2) is 48.8 Å². The van der Waals surface area contributed by atoms with Gasteiger partial charge in [0.05, 0.1) is 17.1 Å². The van der Waals surface area contributed by atoms with Crippen molar-refractivity contribution in [1.82, 2.24) is 9.38 Å². The highest BCUT2D eigenvalue weighted by Gasteiger charge is 2.12. The van der Waals surface area contributed by atoms with Crippen LogP contribution in [0, 0.1) is 13.8 Å². The molecule has 0 aliphatic heterocycles. The minimum atomic E-state index is -3.45. The van der Waals surface area contributed by atoms with Gasteiger partial charge in [-0.05, 0) is 31.5 Å². The highest BCUT2D eigenvalue weighted by Crippen LogP contribution is 2.15. The number of sulfonamides is 1. The molecule has 6 heteroatoms. The van der Waals surface area contributed by atoms with Crippen LogP contribution in [0.5, 0.6) is 0 Å². The van der Waals surface area contributed by atoms with E-state index in [9.17, 15) is 8.42 Å². The predicted octanol–water partition coefficient (Wildman–Crippen LogP) is 2.89. The Morgan fingerprint density at radius 3 is 2.73 bits per heavy atom. The van der Waals surface area contributed by atoms with Gasteiger partial charge in [-0.15, -0.1) is 0 Å². The second-order valence-electron chi connectivity index (χ2n) is 5.42. The van der Waals surface area contributed by atoms with Gasteiger partial charge < -0.3 is 4.40 Å². The summed E-state index contributed by atoms with van der Waals surface area (Å²) in [7, 11) is -3.45. The molecular weight excluding hydrogens is 298 g/mol. The van der Waals surface area contributed by atoms with Crippen molar-refractivity contribution in [3.05, 3.63) is 65.6 Å². The van der Waals surface area contributed by atoms with Crippen LogP contribution in [-0.2, 0) is 15.8 Å². The Hall–Kier alpha value is -2.34. The van der Waals surface area contributed by atoms with E-state index in [0.29, 0.717) is 5.69 Å². The van der Waals surface area contributed by atoms with E-state index in [0.717, 1.165) is 22.5 Å². The number of nitrogens with one attached hydrogen (secondary N) is 1. The maximum absolute atomic E-state index is 12.3. The summed E-state index contributed by atoms with van der Waals surface area (Å²) in [5.74, 6) is -0.0460. The first-order valence-corrected chi connectivity index (χ1v) is 8.58. The Kier molecular flexibility index (Phi) is 3.62. The van der Waals surface area contributed by atoms with Crippen LogP contribution in [0.25, 0.3) is 5.65 Å². The van der Waals surface area contributed by atoms with Gasteiger partial charge >= 0.3 is 0 Å². The fourth-order valence-corrected chi connectivity index (χ4v) is 3.59. The summed E-state index contributed by atoms with van der Waals surface area (Å²) in [6.45, 7) is 3.84. The van der Waals surface area contributed by atoms with E-state index in [4.69, 9.17) is 0 Å². The minimum Gasteiger partial charge on any atom is -0.305 e. The number of hydrogen-bond donors (Lipinski definition) is 1. The molecule has 0 amide bonds. The summed E-state index contributed by atoms with van der Waals surface area (Å²) in [4.78, 5) is 4.31. The first-order valence-electron chi connectivity index (χ1n) is 6.93. The SMILES string of the molecule is Cc1cccc(CS(=O)(=O)Nc2ccc3nc(C)cn3c2)c1. The van der Waals surface area contributed by atoms with E-state index in [1.54, 1.807) is 22.7 Å². The van der Waals surface area contributed by atoms with Gasteiger partial charge in [-0.3, -0.25) is 4.72 Å². The lowest BCUT2D eigenvalue weighted by atomic mass is 10.2. The fraction of sp³-hybridized carbons (Fsp3) is 0.188. The molecule has 3 rings (SSSR count). The van der Waals surface area contributed by atoms with Gasteiger partial charge in [-0.2, -0.15) is 0 Å². The zero-order valence-corrected chi connectivity index (χ0v) is 13.3. The third-order valence-corrected chi connectivity index (χ3v) is 4.54. The van der Waals surface area contributed by atoms with Crippen molar-refractivity contribution in [2.45, 2.75) is 19.6 Å². The number of fused-ring (bicyclic) bond motifs is 1. The minimum absolute atomic E-state index is 0.0460. The number of benzene rings is 1. The van der Waals surface area contributed by atoms with E-state index < -0.39 is 10.0 Å². The number of nitrogens with zero attached hydrogens (tertiary/aromatic N) is 2. The van der Waals surface area contributed by atoms with Gasteiger partial charge in [0.25, 0.3) is 0 Å². The molecule has 1 N–H and O–H groups in total. The van der Waals surface area contributed by atoms with Gasteiger partial charge in [0.15, 0.2) is 0 Å². The molecule has 5 nitrogen and oxygen atoms in total. The van der Waals surface area contributed by atoms with Gasteiger partial charge in [0.2, 0.25) is 10.0 Å². The molecule has 0 unspecified atom stereocenters. The summed E-state index contributed by atoms with van der Waals surface area (Å²) >= 11 is 0. The zero-order valence-electron chi connectivity index (χ0n) is 12.4. The highest BCUT2D eigenvalue weighted by molar-refractivity contribution is 7.91. The molecule has 0 fully saturated rings. The summed E-state index contributed by atoms with van der Waals surface area (Å²) in [6, 6.07) is 11.0. The molecule has 0 atom stereocenters. The largest absolute Gasteiger partial charge is 0.305 e. The number of anilines is 1. The standard InChI is InChI=1S/C16H17N3O2S/c1-12-4-3-5-14(8-12)11-22(20,21)18-15-6-7-16-17-13(2)9-19(16)10-15/h3-10,18H,11H2,1-2H3. The summed E-state index contributed by atoms with van der Waals surface area (Å²) in [5.41, 5.74) is 4.02. The molecule has 114 valence electrons. The molecule has 0 saturated heterocycles. The quantitative estimate of drug-likeness (QED) is 0.805. The lowest BCUT2D eigenvalue weighted by Crippen LogP contribution is -2.15. The lowest BCUT2D eigenvalue weighted by Gasteiger charge is -2.09. The van der Waals surface area contributed by atoms with Crippen molar-refractivity contribution in [2.75, 3.05) is 4.72 Å². The summed E-state index contributed by atoms with van der Waals surface area (Å²) in [5, 5.41) is 0. The lowest BCUT2D eigenvalue weighted by molar-refractivity contribution is 0.600. The number of hydrogen-bond acceptors (Lipinski definition) is 3. The first kappa shape index (κ1) is 14.6. The van der Waals surface area contributed by atoms with Crippen molar-refractivity contribution in [2.24, 2.45) is 0 Å². The maximum Gasteiger partial charge on any atom is 0.236 e. The smallest absolute Gasteiger partial charge is 0.236 e. The van der Waals surface area contributed by atoms with E-state index >= 15 is 0 Å². The molecule has 2 aromatic heterocycles. The van der Waals surface area contributed by atoms with Crippen LogP contribution in [-0.4, -0.2) is 17.8 Å². The molecule has 2 heterocycles. The van der Waals surface area contributed by atoms with Gasteiger partial charge in [0.1, 0.15) is 5.65 Å². The van der Waals surface area contributed by atoms with Crippen molar-refractivity contribution in [3.63, 3.8) is 0 Å². The second-order valence-corrected chi connectivity index (χ2v) is 7.14. The van der Waals surface area contributed by atoms with Crippen LogP contribution in [0.1, 0.15) is 16.8 Å². The topological polar surface area (TPSA) is 63.5 Å².